The number of ether oxygens (including phenoxy) is 1. The summed E-state index contributed by atoms with van der Waals surface area (Å²) in [7, 11) is 1.36. The highest BCUT2D eigenvalue weighted by Gasteiger charge is 2.04. The van der Waals surface area contributed by atoms with E-state index in [2.05, 4.69) is 20.0 Å². The normalized spacial score (nSPS) is 9.73. The second-order valence-electron chi connectivity index (χ2n) is 2.99. The van der Waals surface area contributed by atoms with Crippen molar-refractivity contribution >= 4 is 17.6 Å². The molecule has 0 unspecified atom stereocenters. The summed E-state index contributed by atoms with van der Waals surface area (Å²) in [4.78, 5) is 18.7. The van der Waals surface area contributed by atoms with Crippen LogP contribution in [0.15, 0.2) is 6.33 Å². The molecule has 0 saturated heterocycles. The molecule has 15 heavy (non-hydrogen) atoms. The number of nitrogen functional groups attached to an aromatic ring is 1. The van der Waals surface area contributed by atoms with Crippen molar-refractivity contribution < 1.29 is 9.53 Å². The maximum Gasteiger partial charge on any atom is 0.307 e. The monoisotopic (exact) mass is 210 g/mol. The van der Waals surface area contributed by atoms with Crippen molar-refractivity contribution in [3.63, 3.8) is 0 Å². The summed E-state index contributed by atoms with van der Waals surface area (Å²) in [6.45, 7) is 2.28. The molecule has 6 nitrogen and oxygen atoms in total. The maximum atomic E-state index is 10.8. The number of nitrogens with two attached hydrogens (primary N) is 1. The standard InChI is InChI=1S/C9H14N4O2/c1-6-8(10)12-5-13-9(6)11-4-3-7(14)15-2/h5H,3-4H2,1-2H3,(H3,10,11,12,13). The van der Waals surface area contributed by atoms with E-state index in [1.54, 1.807) is 0 Å². The Morgan fingerprint density at radius 2 is 2.33 bits per heavy atom. The van der Waals surface area contributed by atoms with Gasteiger partial charge in [0.1, 0.15) is 18.0 Å². The topological polar surface area (TPSA) is 90.1 Å². The van der Waals surface area contributed by atoms with Gasteiger partial charge in [0.25, 0.3) is 0 Å². The van der Waals surface area contributed by atoms with Crippen LogP contribution in [0.3, 0.4) is 0 Å². The third kappa shape index (κ3) is 3.08. The molecule has 0 amide bonds. The van der Waals surface area contributed by atoms with Gasteiger partial charge in [0.2, 0.25) is 0 Å². The van der Waals surface area contributed by atoms with Crippen LogP contribution in [0.5, 0.6) is 0 Å². The first-order valence-corrected chi connectivity index (χ1v) is 4.53. The number of hydrogen-bond acceptors (Lipinski definition) is 6. The Bertz CT molecular complexity index is 354. The summed E-state index contributed by atoms with van der Waals surface area (Å²) in [5.41, 5.74) is 6.38. The summed E-state index contributed by atoms with van der Waals surface area (Å²) in [5.74, 6) is 0.819. The van der Waals surface area contributed by atoms with Gasteiger partial charge in [0.15, 0.2) is 0 Å². The number of anilines is 2. The van der Waals surface area contributed by atoms with Gasteiger partial charge in [-0.05, 0) is 6.92 Å². The third-order valence-corrected chi connectivity index (χ3v) is 1.97. The van der Waals surface area contributed by atoms with E-state index in [-0.39, 0.29) is 5.97 Å². The number of hydrogen-bond donors (Lipinski definition) is 2. The van der Waals surface area contributed by atoms with Crippen LogP contribution in [-0.2, 0) is 9.53 Å². The molecule has 0 aromatic carbocycles. The molecular formula is C9H14N4O2. The SMILES string of the molecule is COC(=O)CCNc1ncnc(N)c1C. The van der Waals surface area contributed by atoms with Gasteiger partial charge >= 0.3 is 5.97 Å². The van der Waals surface area contributed by atoms with Gasteiger partial charge in [-0.1, -0.05) is 0 Å². The largest absolute Gasteiger partial charge is 0.469 e. The van der Waals surface area contributed by atoms with Crippen LogP contribution in [0.2, 0.25) is 0 Å². The Morgan fingerprint density at radius 3 is 3.00 bits per heavy atom. The molecule has 0 saturated carbocycles. The Kier molecular flexibility index (Phi) is 3.84. The zero-order chi connectivity index (χ0) is 11.3. The molecule has 6 heteroatoms. The predicted molar refractivity (Wildman–Crippen MR) is 56.3 cm³/mol. The first-order chi connectivity index (χ1) is 7.15. The predicted octanol–water partition coefficient (Wildman–Crippen LogP) is 0.342. The summed E-state index contributed by atoms with van der Waals surface area (Å²) in [6.07, 6.45) is 1.67. The van der Waals surface area contributed by atoms with E-state index in [9.17, 15) is 4.79 Å². The van der Waals surface area contributed by atoms with Gasteiger partial charge in [-0.3, -0.25) is 4.79 Å². The second-order valence-corrected chi connectivity index (χ2v) is 2.99. The Hall–Kier alpha value is -1.85. The number of methoxy groups -OCH3 is 1. The lowest BCUT2D eigenvalue weighted by atomic mass is 10.3. The average Bonchev–Trinajstić information content (AvgIpc) is 2.24. The van der Waals surface area contributed by atoms with Gasteiger partial charge in [-0.2, -0.15) is 0 Å². The third-order valence-electron chi connectivity index (χ3n) is 1.97. The van der Waals surface area contributed by atoms with Crippen molar-refractivity contribution in [1.82, 2.24) is 9.97 Å². The zero-order valence-corrected chi connectivity index (χ0v) is 8.78. The van der Waals surface area contributed by atoms with Crippen molar-refractivity contribution in [2.75, 3.05) is 24.7 Å². The second kappa shape index (κ2) is 5.14. The quantitative estimate of drug-likeness (QED) is 0.696. The molecule has 0 aliphatic heterocycles. The van der Waals surface area contributed by atoms with Gasteiger partial charge in [0.05, 0.1) is 13.5 Å². The number of carbonyl (C=O) groups excluding carboxylic acids is 1. The van der Waals surface area contributed by atoms with E-state index in [1.807, 2.05) is 6.92 Å². The van der Waals surface area contributed by atoms with Crippen molar-refractivity contribution in [2.24, 2.45) is 0 Å². The van der Waals surface area contributed by atoms with Gasteiger partial charge in [-0.25, -0.2) is 9.97 Å². The minimum atomic E-state index is -0.262. The number of carbonyl (C=O) groups is 1. The first-order valence-electron chi connectivity index (χ1n) is 4.53. The highest BCUT2D eigenvalue weighted by atomic mass is 16.5. The Balaban J connectivity index is 2.51. The lowest BCUT2D eigenvalue weighted by molar-refractivity contribution is -0.140. The summed E-state index contributed by atoms with van der Waals surface area (Å²) >= 11 is 0. The summed E-state index contributed by atoms with van der Waals surface area (Å²) < 4.78 is 4.51. The molecule has 1 heterocycles. The smallest absolute Gasteiger partial charge is 0.307 e. The van der Waals surface area contributed by atoms with Crippen LogP contribution in [0.25, 0.3) is 0 Å². The molecule has 0 bridgehead atoms. The number of rotatable bonds is 4. The molecule has 1 rings (SSSR count). The molecule has 0 aliphatic rings. The van der Waals surface area contributed by atoms with Crippen LogP contribution in [0, 0.1) is 6.92 Å². The molecule has 1 aromatic rings. The van der Waals surface area contributed by atoms with Crippen molar-refractivity contribution in [3.05, 3.63) is 11.9 Å². The van der Waals surface area contributed by atoms with Crippen LogP contribution < -0.4 is 11.1 Å². The molecule has 0 atom stereocenters. The van der Waals surface area contributed by atoms with Crippen LogP contribution >= 0.6 is 0 Å². The van der Waals surface area contributed by atoms with Crippen molar-refractivity contribution in [1.29, 1.82) is 0 Å². The molecule has 0 fully saturated rings. The Morgan fingerprint density at radius 1 is 1.60 bits per heavy atom. The lowest BCUT2D eigenvalue weighted by Gasteiger charge is -2.08. The van der Waals surface area contributed by atoms with E-state index in [4.69, 9.17) is 5.73 Å². The van der Waals surface area contributed by atoms with Gasteiger partial charge in [0, 0.05) is 12.1 Å². The van der Waals surface area contributed by atoms with E-state index in [0.717, 1.165) is 5.56 Å². The highest BCUT2D eigenvalue weighted by Crippen LogP contribution is 2.14. The first kappa shape index (κ1) is 11.2. The number of nitrogens with zero attached hydrogens (tertiary/aromatic N) is 2. The average molecular weight is 210 g/mol. The molecule has 0 aliphatic carbocycles. The van der Waals surface area contributed by atoms with Crippen molar-refractivity contribution in [2.45, 2.75) is 13.3 Å². The van der Waals surface area contributed by atoms with E-state index in [0.29, 0.717) is 24.6 Å². The fourth-order valence-corrected chi connectivity index (χ4v) is 1.03. The van der Waals surface area contributed by atoms with Crippen LogP contribution in [0.1, 0.15) is 12.0 Å². The van der Waals surface area contributed by atoms with Crippen LogP contribution in [0.4, 0.5) is 11.6 Å². The fourth-order valence-electron chi connectivity index (χ4n) is 1.03. The van der Waals surface area contributed by atoms with E-state index in [1.165, 1.54) is 13.4 Å². The minimum absolute atomic E-state index is 0.262. The maximum absolute atomic E-state index is 10.8. The molecule has 3 N–H and O–H groups in total. The van der Waals surface area contributed by atoms with Crippen LogP contribution in [-0.4, -0.2) is 29.6 Å². The highest BCUT2D eigenvalue weighted by molar-refractivity contribution is 5.69. The molecule has 82 valence electrons. The number of aromatic nitrogens is 2. The Labute approximate surface area is 87.9 Å². The van der Waals surface area contributed by atoms with Gasteiger partial charge in [-0.15, -0.1) is 0 Å². The lowest BCUT2D eigenvalue weighted by Crippen LogP contribution is -2.12. The van der Waals surface area contributed by atoms with E-state index >= 15 is 0 Å². The number of nitrogens with one attached hydrogen (secondary N) is 1. The number of esters is 1. The molecular weight excluding hydrogens is 196 g/mol. The molecule has 1 aromatic heterocycles. The van der Waals surface area contributed by atoms with Gasteiger partial charge < -0.3 is 15.8 Å². The summed E-state index contributed by atoms with van der Waals surface area (Å²) in [6, 6.07) is 0. The summed E-state index contributed by atoms with van der Waals surface area (Å²) in [5, 5.41) is 2.99. The zero-order valence-electron chi connectivity index (χ0n) is 8.78. The van der Waals surface area contributed by atoms with E-state index < -0.39 is 0 Å². The minimum Gasteiger partial charge on any atom is -0.469 e. The molecule has 0 spiro atoms. The fraction of sp³-hybridized carbons (Fsp3) is 0.444. The molecule has 0 radical (unpaired) electrons. The van der Waals surface area contributed by atoms with Crippen molar-refractivity contribution in [3.8, 4) is 0 Å².